The van der Waals surface area contributed by atoms with Crippen molar-refractivity contribution in [2.75, 3.05) is 26.2 Å². The Morgan fingerprint density at radius 1 is 1.05 bits per heavy atom. The molecule has 1 aromatic carbocycles. The van der Waals surface area contributed by atoms with Crippen molar-refractivity contribution in [3.8, 4) is 5.75 Å². The highest BCUT2D eigenvalue weighted by atomic mass is 16.5. The van der Waals surface area contributed by atoms with Crippen LogP contribution in [0.3, 0.4) is 0 Å². The molecule has 1 saturated heterocycles. The summed E-state index contributed by atoms with van der Waals surface area (Å²) in [6.07, 6.45) is 3.79. The molecular weight excluding hydrogens is 234 g/mol. The van der Waals surface area contributed by atoms with E-state index in [9.17, 15) is 0 Å². The van der Waals surface area contributed by atoms with Crippen molar-refractivity contribution in [3.05, 3.63) is 30.3 Å². The second kappa shape index (κ2) is 7.54. The van der Waals surface area contributed by atoms with Crippen molar-refractivity contribution in [3.63, 3.8) is 0 Å². The number of nitrogens with zero attached hydrogens (tertiary/aromatic N) is 1. The van der Waals surface area contributed by atoms with E-state index < -0.39 is 0 Å². The molecule has 2 rings (SSSR count). The van der Waals surface area contributed by atoms with E-state index in [0.717, 1.165) is 30.6 Å². The van der Waals surface area contributed by atoms with E-state index in [-0.39, 0.29) is 0 Å². The van der Waals surface area contributed by atoms with Crippen LogP contribution in [0.15, 0.2) is 30.3 Å². The van der Waals surface area contributed by atoms with Crippen LogP contribution < -0.4 is 4.74 Å². The number of likely N-dealkylation sites (tertiary alicyclic amines) is 1. The Balaban J connectivity index is 1.57. The van der Waals surface area contributed by atoms with Gasteiger partial charge >= 0.3 is 0 Å². The summed E-state index contributed by atoms with van der Waals surface area (Å²) in [7, 11) is 0. The molecule has 0 saturated carbocycles. The fraction of sp³-hybridized carbons (Fsp3) is 0.647. The number of piperidine rings is 1. The first-order chi connectivity index (χ1) is 9.24. The second-order valence-electron chi connectivity index (χ2n) is 6.07. The fourth-order valence-electron chi connectivity index (χ4n) is 3.12. The maximum atomic E-state index is 5.72. The largest absolute Gasteiger partial charge is 0.494 e. The van der Waals surface area contributed by atoms with Crippen LogP contribution >= 0.6 is 0 Å². The van der Waals surface area contributed by atoms with Crippen LogP contribution in [0.25, 0.3) is 0 Å². The lowest BCUT2D eigenvalue weighted by Crippen LogP contribution is -2.39. The summed E-state index contributed by atoms with van der Waals surface area (Å²) < 4.78 is 5.72. The van der Waals surface area contributed by atoms with Crippen molar-refractivity contribution >= 4 is 0 Å². The predicted molar refractivity (Wildman–Crippen MR) is 80.6 cm³/mol. The number of ether oxygens (including phenoxy) is 1. The summed E-state index contributed by atoms with van der Waals surface area (Å²) in [5.74, 6) is 2.72. The molecule has 1 aliphatic rings. The standard InChI is InChI=1S/C17H27NO/c1-15-12-16(2)14-18(13-15)10-6-7-11-19-17-8-4-3-5-9-17/h3-5,8-9,15-16H,6-7,10-14H2,1-2H3/t15-,16-/m1/s1. The van der Waals surface area contributed by atoms with Gasteiger partial charge in [-0.05, 0) is 49.8 Å². The molecule has 0 aromatic heterocycles. The first-order valence-corrected chi connectivity index (χ1v) is 7.64. The minimum Gasteiger partial charge on any atom is -0.494 e. The first kappa shape index (κ1) is 14.4. The molecule has 0 bridgehead atoms. The lowest BCUT2D eigenvalue weighted by molar-refractivity contribution is 0.136. The van der Waals surface area contributed by atoms with E-state index in [0.29, 0.717) is 0 Å². The van der Waals surface area contributed by atoms with Crippen LogP contribution in [-0.2, 0) is 0 Å². The van der Waals surface area contributed by atoms with Gasteiger partial charge in [-0.25, -0.2) is 0 Å². The minimum atomic E-state index is 0.836. The van der Waals surface area contributed by atoms with Gasteiger partial charge in [-0.2, -0.15) is 0 Å². The molecule has 0 N–H and O–H groups in total. The van der Waals surface area contributed by atoms with Gasteiger partial charge in [0.15, 0.2) is 0 Å². The van der Waals surface area contributed by atoms with Crippen LogP contribution in [0.1, 0.15) is 33.1 Å². The number of hydrogen-bond donors (Lipinski definition) is 0. The number of unbranched alkanes of at least 4 members (excludes halogenated alkanes) is 1. The Kier molecular flexibility index (Phi) is 5.71. The van der Waals surface area contributed by atoms with Crippen LogP contribution in [0, 0.1) is 11.8 Å². The Labute approximate surface area is 117 Å². The summed E-state index contributed by atoms with van der Waals surface area (Å²) in [4.78, 5) is 2.63. The van der Waals surface area contributed by atoms with Gasteiger partial charge in [0.2, 0.25) is 0 Å². The van der Waals surface area contributed by atoms with Gasteiger partial charge in [-0.1, -0.05) is 32.0 Å². The van der Waals surface area contributed by atoms with Crippen LogP contribution in [0.2, 0.25) is 0 Å². The summed E-state index contributed by atoms with van der Waals surface area (Å²) >= 11 is 0. The van der Waals surface area contributed by atoms with Crippen molar-refractivity contribution in [1.82, 2.24) is 4.90 Å². The highest BCUT2D eigenvalue weighted by Gasteiger charge is 2.20. The van der Waals surface area contributed by atoms with E-state index in [1.807, 2.05) is 30.3 Å². The molecule has 0 amide bonds. The molecule has 0 radical (unpaired) electrons. The van der Waals surface area contributed by atoms with E-state index >= 15 is 0 Å². The summed E-state index contributed by atoms with van der Waals surface area (Å²) in [5, 5.41) is 0. The maximum absolute atomic E-state index is 5.72. The Morgan fingerprint density at radius 3 is 2.42 bits per heavy atom. The molecule has 2 heteroatoms. The monoisotopic (exact) mass is 261 g/mol. The summed E-state index contributed by atoms with van der Waals surface area (Å²) in [6, 6.07) is 10.1. The highest BCUT2D eigenvalue weighted by Crippen LogP contribution is 2.21. The molecule has 19 heavy (non-hydrogen) atoms. The summed E-state index contributed by atoms with van der Waals surface area (Å²) in [6.45, 7) is 9.38. The van der Waals surface area contributed by atoms with Crippen molar-refractivity contribution in [1.29, 1.82) is 0 Å². The minimum absolute atomic E-state index is 0.836. The average Bonchev–Trinajstić information content (AvgIpc) is 2.38. The maximum Gasteiger partial charge on any atom is 0.119 e. The van der Waals surface area contributed by atoms with E-state index in [2.05, 4.69) is 18.7 Å². The molecule has 106 valence electrons. The van der Waals surface area contributed by atoms with Gasteiger partial charge in [-0.3, -0.25) is 0 Å². The normalized spacial score (nSPS) is 24.3. The lowest BCUT2D eigenvalue weighted by atomic mass is 9.92. The van der Waals surface area contributed by atoms with Crippen LogP contribution in [0.5, 0.6) is 5.75 Å². The molecule has 1 aliphatic heterocycles. The molecule has 1 aromatic rings. The number of rotatable bonds is 6. The zero-order valence-electron chi connectivity index (χ0n) is 12.3. The van der Waals surface area contributed by atoms with Gasteiger partial charge in [-0.15, -0.1) is 0 Å². The van der Waals surface area contributed by atoms with Gasteiger partial charge < -0.3 is 9.64 Å². The molecule has 2 nitrogen and oxygen atoms in total. The Hall–Kier alpha value is -1.02. The van der Waals surface area contributed by atoms with E-state index in [1.165, 1.54) is 32.5 Å². The third-order valence-electron chi connectivity index (χ3n) is 3.83. The quantitative estimate of drug-likeness (QED) is 0.722. The van der Waals surface area contributed by atoms with Crippen molar-refractivity contribution in [2.45, 2.75) is 33.1 Å². The molecule has 0 spiro atoms. The zero-order valence-corrected chi connectivity index (χ0v) is 12.3. The number of hydrogen-bond acceptors (Lipinski definition) is 2. The molecule has 1 fully saturated rings. The van der Waals surface area contributed by atoms with Crippen molar-refractivity contribution in [2.24, 2.45) is 11.8 Å². The van der Waals surface area contributed by atoms with E-state index in [4.69, 9.17) is 4.74 Å². The highest BCUT2D eigenvalue weighted by molar-refractivity contribution is 5.20. The van der Waals surface area contributed by atoms with Gasteiger partial charge in [0.1, 0.15) is 5.75 Å². The third kappa shape index (κ3) is 5.23. The SMILES string of the molecule is C[C@@H]1C[C@@H](C)CN(CCCCOc2ccccc2)C1. The second-order valence-corrected chi connectivity index (χ2v) is 6.07. The Morgan fingerprint density at radius 2 is 1.74 bits per heavy atom. The molecule has 1 heterocycles. The smallest absolute Gasteiger partial charge is 0.119 e. The number of benzene rings is 1. The fourth-order valence-corrected chi connectivity index (χ4v) is 3.12. The molecule has 0 aliphatic carbocycles. The van der Waals surface area contributed by atoms with Gasteiger partial charge in [0.05, 0.1) is 6.61 Å². The third-order valence-corrected chi connectivity index (χ3v) is 3.83. The predicted octanol–water partition coefficient (Wildman–Crippen LogP) is 3.82. The molecule has 0 unspecified atom stereocenters. The van der Waals surface area contributed by atoms with Crippen molar-refractivity contribution < 1.29 is 4.74 Å². The van der Waals surface area contributed by atoms with Crippen LogP contribution in [0.4, 0.5) is 0 Å². The molecule has 2 atom stereocenters. The zero-order chi connectivity index (χ0) is 13.5. The number of para-hydroxylation sites is 1. The average molecular weight is 261 g/mol. The summed E-state index contributed by atoms with van der Waals surface area (Å²) in [5.41, 5.74) is 0. The van der Waals surface area contributed by atoms with Crippen LogP contribution in [-0.4, -0.2) is 31.1 Å². The van der Waals surface area contributed by atoms with E-state index in [1.54, 1.807) is 0 Å². The van der Waals surface area contributed by atoms with Gasteiger partial charge in [0.25, 0.3) is 0 Å². The van der Waals surface area contributed by atoms with Gasteiger partial charge in [0, 0.05) is 13.1 Å². The lowest BCUT2D eigenvalue weighted by Gasteiger charge is -2.34. The topological polar surface area (TPSA) is 12.5 Å². The first-order valence-electron chi connectivity index (χ1n) is 7.64. The molecular formula is C17H27NO. The Bertz CT molecular complexity index is 342.